The molecule has 2 aromatic rings. The van der Waals surface area contributed by atoms with Gasteiger partial charge in [-0.2, -0.15) is 0 Å². The molecule has 1 unspecified atom stereocenters. The molecule has 17 heavy (non-hydrogen) atoms. The summed E-state index contributed by atoms with van der Waals surface area (Å²) in [7, 11) is 0. The van der Waals surface area contributed by atoms with Crippen LogP contribution in [0.3, 0.4) is 0 Å². The van der Waals surface area contributed by atoms with E-state index in [1.807, 2.05) is 0 Å². The molecule has 1 aromatic carbocycles. The molecular formula is C14H15FO2. The smallest absolute Gasteiger partial charge is 0.134 e. The number of halogens is 1. The topological polar surface area (TPSA) is 33.4 Å². The first-order valence-corrected chi connectivity index (χ1v) is 6.11. The van der Waals surface area contributed by atoms with Crippen LogP contribution in [0, 0.1) is 11.7 Å². The Balaban J connectivity index is 1.94. The summed E-state index contributed by atoms with van der Waals surface area (Å²) in [6, 6.07) is 6.16. The highest BCUT2D eigenvalue weighted by molar-refractivity contribution is 5.77. The van der Waals surface area contributed by atoms with Gasteiger partial charge in [0.2, 0.25) is 0 Å². The fourth-order valence-corrected chi connectivity index (χ4v) is 2.69. The van der Waals surface area contributed by atoms with Crippen molar-refractivity contribution in [2.24, 2.45) is 5.92 Å². The molecule has 0 radical (unpaired) electrons. The van der Waals surface area contributed by atoms with Gasteiger partial charge in [0.1, 0.15) is 23.3 Å². The lowest BCUT2D eigenvalue weighted by Crippen LogP contribution is -2.07. The van der Waals surface area contributed by atoms with E-state index in [0.717, 1.165) is 18.2 Å². The molecule has 1 fully saturated rings. The van der Waals surface area contributed by atoms with Crippen LogP contribution in [-0.4, -0.2) is 5.11 Å². The van der Waals surface area contributed by atoms with E-state index in [1.165, 1.54) is 25.0 Å². The Morgan fingerprint density at radius 1 is 1.24 bits per heavy atom. The summed E-state index contributed by atoms with van der Waals surface area (Å²) in [5.41, 5.74) is 0.637. The normalized spacial score (nSPS) is 18.9. The van der Waals surface area contributed by atoms with Crippen LogP contribution in [0.1, 0.15) is 37.5 Å². The molecule has 0 bridgehead atoms. The number of fused-ring (bicyclic) bond motifs is 1. The SMILES string of the molecule is OC(c1cc2cc(F)ccc2o1)C1CCCC1. The van der Waals surface area contributed by atoms with E-state index in [2.05, 4.69) is 0 Å². The number of furan rings is 1. The van der Waals surface area contributed by atoms with Crippen molar-refractivity contribution in [1.82, 2.24) is 0 Å². The van der Waals surface area contributed by atoms with Gasteiger partial charge in [-0.3, -0.25) is 0 Å². The molecule has 1 heterocycles. The molecule has 0 spiro atoms. The second-order valence-corrected chi connectivity index (χ2v) is 4.82. The zero-order valence-corrected chi connectivity index (χ0v) is 9.53. The molecule has 1 aliphatic rings. The first kappa shape index (κ1) is 10.8. The fourth-order valence-electron chi connectivity index (χ4n) is 2.69. The van der Waals surface area contributed by atoms with E-state index in [1.54, 1.807) is 12.1 Å². The van der Waals surface area contributed by atoms with E-state index in [0.29, 0.717) is 17.3 Å². The summed E-state index contributed by atoms with van der Waals surface area (Å²) >= 11 is 0. The predicted molar refractivity (Wildman–Crippen MR) is 63.1 cm³/mol. The van der Waals surface area contributed by atoms with E-state index >= 15 is 0 Å². The molecule has 0 amide bonds. The quantitative estimate of drug-likeness (QED) is 0.857. The summed E-state index contributed by atoms with van der Waals surface area (Å²) in [6.45, 7) is 0. The van der Waals surface area contributed by atoms with Crippen molar-refractivity contribution in [3.8, 4) is 0 Å². The molecule has 90 valence electrons. The summed E-state index contributed by atoms with van der Waals surface area (Å²) < 4.78 is 18.6. The average molecular weight is 234 g/mol. The van der Waals surface area contributed by atoms with Crippen molar-refractivity contribution < 1.29 is 13.9 Å². The predicted octanol–water partition coefficient (Wildman–Crippen LogP) is 3.80. The van der Waals surface area contributed by atoms with Crippen molar-refractivity contribution >= 4 is 11.0 Å². The van der Waals surface area contributed by atoms with Crippen LogP contribution in [0.25, 0.3) is 11.0 Å². The second-order valence-electron chi connectivity index (χ2n) is 4.82. The van der Waals surface area contributed by atoms with Crippen LogP contribution >= 0.6 is 0 Å². The number of benzene rings is 1. The highest BCUT2D eigenvalue weighted by Crippen LogP contribution is 2.37. The molecule has 3 rings (SSSR count). The fraction of sp³-hybridized carbons (Fsp3) is 0.429. The van der Waals surface area contributed by atoms with Gasteiger partial charge in [-0.05, 0) is 43.0 Å². The molecule has 2 nitrogen and oxygen atoms in total. The maximum absolute atomic E-state index is 13.0. The largest absolute Gasteiger partial charge is 0.458 e. The number of aliphatic hydroxyl groups excluding tert-OH is 1. The molecule has 0 aliphatic heterocycles. The second kappa shape index (κ2) is 4.15. The molecule has 0 saturated heterocycles. The minimum Gasteiger partial charge on any atom is -0.458 e. The zero-order valence-electron chi connectivity index (χ0n) is 9.53. The van der Waals surface area contributed by atoms with E-state index in [9.17, 15) is 9.50 Å². The van der Waals surface area contributed by atoms with Gasteiger partial charge < -0.3 is 9.52 Å². The molecular weight excluding hydrogens is 219 g/mol. The number of aliphatic hydroxyl groups is 1. The minimum atomic E-state index is -0.548. The Hall–Kier alpha value is -1.35. The van der Waals surface area contributed by atoms with Gasteiger partial charge in [-0.1, -0.05) is 12.8 Å². The van der Waals surface area contributed by atoms with Gasteiger partial charge in [0, 0.05) is 5.39 Å². The third-order valence-electron chi connectivity index (χ3n) is 3.64. The summed E-state index contributed by atoms with van der Waals surface area (Å²) in [5, 5.41) is 10.9. The summed E-state index contributed by atoms with van der Waals surface area (Å²) in [6.07, 6.45) is 3.90. The van der Waals surface area contributed by atoms with E-state index in [4.69, 9.17) is 4.42 Å². The third kappa shape index (κ3) is 1.95. The molecule has 1 atom stereocenters. The van der Waals surface area contributed by atoms with Crippen molar-refractivity contribution in [3.05, 3.63) is 35.8 Å². The van der Waals surface area contributed by atoms with E-state index < -0.39 is 6.10 Å². The van der Waals surface area contributed by atoms with Gasteiger partial charge in [-0.15, -0.1) is 0 Å². The molecule has 1 saturated carbocycles. The maximum Gasteiger partial charge on any atom is 0.134 e. The van der Waals surface area contributed by atoms with Crippen molar-refractivity contribution in [3.63, 3.8) is 0 Å². The maximum atomic E-state index is 13.0. The molecule has 1 aromatic heterocycles. The van der Waals surface area contributed by atoms with Crippen LogP contribution < -0.4 is 0 Å². The monoisotopic (exact) mass is 234 g/mol. The standard InChI is InChI=1S/C14H15FO2/c15-11-5-6-12-10(7-11)8-13(17-12)14(16)9-3-1-2-4-9/h5-9,14,16H,1-4H2. The highest BCUT2D eigenvalue weighted by atomic mass is 19.1. The van der Waals surface area contributed by atoms with Crippen LogP contribution in [0.5, 0.6) is 0 Å². The lowest BCUT2D eigenvalue weighted by molar-refractivity contribution is 0.0905. The Bertz CT molecular complexity index is 526. The van der Waals surface area contributed by atoms with Crippen LogP contribution in [0.2, 0.25) is 0 Å². The van der Waals surface area contributed by atoms with Crippen molar-refractivity contribution in [2.45, 2.75) is 31.8 Å². The Morgan fingerprint density at radius 2 is 2.00 bits per heavy atom. The minimum absolute atomic E-state index is 0.278. The Morgan fingerprint density at radius 3 is 2.76 bits per heavy atom. The average Bonchev–Trinajstić information content (AvgIpc) is 2.96. The lowest BCUT2D eigenvalue weighted by Gasteiger charge is -2.14. The third-order valence-corrected chi connectivity index (χ3v) is 3.64. The Labute approximate surface area is 99.1 Å². The van der Waals surface area contributed by atoms with Gasteiger partial charge in [0.25, 0.3) is 0 Å². The summed E-state index contributed by atoms with van der Waals surface area (Å²) in [5.74, 6) is 0.582. The van der Waals surface area contributed by atoms with Crippen LogP contribution in [0.4, 0.5) is 4.39 Å². The van der Waals surface area contributed by atoms with E-state index in [-0.39, 0.29) is 5.82 Å². The van der Waals surface area contributed by atoms with Crippen molar-refractivity contribution in [2.75, 3.05) is 0 Å². The van der Waals surface area contributed by atoms with Crippen molar-refractivity contribution in [1.29, 1.82) is 0 Å². The highest BCUT2D eigenvalue weighted by Gasteiger charge is 2.26. The molecule has 1 aliphatic carbocycles. The van der Waals surface area contributed by atoms with Gasteiger partial charge in [0.15, 0.2) is 0 Å². The van der Waals surface area contributed by atoms with Gasteiger partial charge >= 0.3 is 0 Å². The Kier molecular flexibility index (Phi) is 2.63. The van der Waals surface area contributed by atoms with Gasteiger partial charge in [-0.25, -0.2) is 4.39 Å². The number of hydrogen-bond donors (Lipinski definition) is 1. The van der Waals surface area contributed by atoms with Crippen LogP contribution in [0.15, 0.2) is 28.7 Å². The molecule has 3 heteroatoms. The first-order valence-electron chi connectivity index (χ1n) is 6.11. The first-order chi connectivity index (χ1) is 8.24. The number of hydrogen-bond acceptors (Lipinski definition) is 2. The van der Waals surface area contributed by atoms with Crippen LogP contribution in [-0.2, 0) is 0 Å². The number of rotatable bonds is 2. The summed E-state index contributed by atoms with van der Waals surface area (Å²) in [4.78, 5) is 0. The molecule has 1 N–H and O–H groups in total. The lowest BCUT2D eigenvalue weighted by atomic mass is 9.99. The van der Waals surface area contributed by atoms with Gasteiger partial charge in [0.05, 0.1) is 0 Å². The zero-order chi connectivity index (χ0) is 11.8.